The molecule has 1 heterocycles. The van der Waals surface area contributed by atoms with Crippen LogP contribution in [0.15, 0.2) is 18.2 Å². The first kappa shape index (κ1) is 12.7. The fourth-order valence-electron chi connectivity index (χ4n) is 2.06. The van der Waals surface area contributed by atoms with Crippen molar-refractivity contribution in [1.82, 2.24) is 5.32 Å². The molecule has 0 bridgehead atoms. The lowest BCUT2D eigenvalue weighted by molar-refractivity contribution is 0.0863. The van der Waals surface area contributed by atoms with E-state index in [1.165, 1.54) is 7.11 Å². The van der Waals surface area contributed by atoms with Crippen molar-refractivity contribution < 1.29 is 14.3 Å². The van der Waals surface area contributed by atoms with Crippen molar-refractivity contribution in [1.29, 1.82) is 0 Å². The van der Waals surface area contributed by atoms with Gasteiger partial charge in [0.1, 0.15) is 5.75 Å². The third-order valence-electron chi connectivity index (χ3n) is 3.16. The van der Waals surface area contributed by atoms with Crippen LogP contribution in [0.1, 0.15) is 23.7 Å². The summed E-state index contributed by atoms with van der Waals surface area (Å²) in [6.45, 7) is 2.64. The molecule has 2 unspecified atom stereocenters. The van der Waals surface area contributed by atoms with E-state index in [1.54, 1.807) is 18.2 Å². The molecule has 1 saturated heterocycles. The third-order valence-corrected chi connectivity index (χ3v) is 3.16. The number of methoxy groups -OCH3 is 1. The van der Waals surface area contributed by atoms with Gasteiger partial charge in [-0.15, -0.1) is 0 Å². The van der Waals surface area contributed by atoms with Crippen molar-refractivity contribution in [3.8, 4) is 5.75 Å². The monoisotopic (exact) mass is 250 g/mol. The fraction of sp³-hybridized carbons (Fsp3) is 0.462. The van der Waals surface area contributed by atoms with Crippen LogP contribution in [0, 0.1) is 0 Å². The highest BCUT2D eigenvalue weighted by Gasteiger charge is 2.26. The minimum Gasteiger partial charge on any atom is -0.496 e. The minimum absolute atomic E-state index is 0.0497. The summed E-state index contributed by atoms with van der Waals surface area (Å²) in [5, 5.41) is 2.95. The zero-order valence-corrected chi connectivity index (χ0v) is 10.6. The Balaban J connectivity index is 2.13. The van der Waals surface area contributed by atoms with Crippen LogP contribution in [-0.4, -0.2) is 31.8 Å². The van der Waals surface area contributed by atoms with E-state index in [9.17, 15) is 4.79 Å². The highest BCUT2D eigenvalue weighted by atomic mass is 16.5. The average Bonchev–Trinajstić information content (AvgIpc) is 2.74. The summed E-state index contributed by atoms with van der Waals surface area (Å²) in [5.41, 5.74) is 6.72. The summed E-state index contributed by atoms with van der Waals surface area (Å²) in [7, 11) is 1.52. The molecule has 1 aliphatic rings. The maximum atomic E-state index is 12.1. The van der Waals surface area contributed by atoms with Crippen LogP contribution in [0.3, 0.4) is 0 Å². The van der Waals surface area contributed by atoms with Gasteiger partial charge in [-0.2, -0.15) is 0 Å². The summed E-state index contributed by atoms with van der Waals surface area (Å²) in [5.74, 6) is 0.327. The maximum Gasteiger partial charge on any atom is 0.255 e. The SMILES string of the molecule is COc1cc(N)ccc1C(=O)NC1CCOC1C. The van der Waals surface area contributed by atoms with Gasteiger partial charge in [0.25, 0.3) is 5.91 Å². The molecule has 5 heteroatoms. The van der Waals surface area contributed by atoms with E-state index in [0.29, 0.717) is 23.6 Å². The first-order valence-electron chi connectivity index (χ1n) is 5.98. The first-order valence-corrected chi connectivity index (χ1v) is 5.98. The Hall–Kier alpha value is -1.75. The average molecular weight is 250 g/mol. The number of ether oxygens (including phenoxy) is 2. The zero-order valence-electron chi connectivity index (χ0n) is 10.6. The van der Waals surface area contributed by atoms with Gasteiger partial charge in [0.15, 0.2) is 0 Å². The van der Waals surface area contributed by atoms with Crippen molar-refractivity contribution >= 4 is 11.6 Å². The molecule has 1 aliphatic heterocycles. The standard InChI is InChI=1S/C13H18N2O3/c1-8-11(5-6-18-8)15-13(16)10-4-3-9(14)7-12(10)17-2/h3-4,7-8,11H,5-6,14H2,1-2H3,(H,15,16). The van der Waals surface area contributed by atoms with E-state index in [0.717, 1.165) is 6.42 Å². The summed E-state index contributed by atoms with van der Waals surface area (Å²) >= 11 is 0. The molecule has 1 aromatic rings. The van der Waals surface area contributed by atoms with Gasteiger partial charge in [-0.3, -0.25) is 4.79 Å². The highest BCUT2D eigenvalue weighted by Crippen LogP contribution is 2.22. The van der Waals surface area contributed by atoms with Gasteiger partial charge in [-0.25, -0.2) is 0 Å². The molecule has 2 rings (SSSR count). The van der Waals surface area contributed by atoms with Gasteiger partial charge in [0, 0.05) is 18.4 Å². The summed E-state index contributed by atoms with van der Waals surface area (Å²) in [6, 6.07) is 5.05. The number of amides is 1. The van der Waals surface area contributed by atoms with E-state index >= 15 is 0 Å². The van der Waals surface area contributed by atoms with Crippen molar-refractivity contribution in [3.05, 3.63) is 23.8 Å². The van der Waals surface area contributed by atoms with E-state index in [2.05, 4.69) is 5.32 Å². The van der Waals surface area contributed by atoms with Crippen molar-refractivity contribution in [2.75, 3.05) is 19.5 Å². The maximum absolute atomic E-state index is 12.1. The molecule has 0 aliphatic carbocycles. The predicted molar refractivity (Wildman–Crippen MR) is 68.7 cm³/mol. The first-order chi connectivity index (χ1) is 8.61. The van der Waals surface area contributed by atoms with Gasteiger partial charge in [-0.1, -0.05) is 0 Å². The molecular formula is C13H18N2O3. The molecule has 98 valence electrons. The molecule has 1 amide bonds. The summed E-state index contributed by atoms with van der Waals surface area (Å²) in [6.07, 6.45) is 0.887. The van der Waals surface area contributed by atoms with Crippen molar-refractivity contribution in [3.63, 3.8) is 0 Å². The molecule has 2 atom stereocenters. The van der Waals surface area contributed by atoms with Gasteiger partial charge < -0.3 is 20.5 Å². The summed E-state index contributed by atoms with van der Waals surface area (Å²) < 4.78 is 10.6. The number of benzene rings is 1. The minimum atomic E-state index is -0.158. The van der Waals surface area contributed by atoms with E-state index < -0.39 is 0 Å². The number of nitrogens with one attached hydrogen (secondary N) is 1. The van der Waals surface area contributed by atoms with Crippen LogP contribution < -0.4 is 15.8 Å². The molecule has 5 nitrogen and oxygen atoms in total. The van der Waals surface area contributed by atoms with Crippen LogP contribution >= 0.6 is 0 Å². The van der Waals surface area contributed by atoms with Crippen molar-refractivity contribution in [2.24, 2.45) is 0 Å². The second-order valence-electron chi connectivity index (χ2n) is 4.40. The van der Waals surface area contributed by atoms with Gasteiger partial charge in [-0.05, 0) is 25.5 Å². The summed E-state index contributed by atoms with van der Waals surface area (Å²) in [4.78, 5) is 12.1. The molecular weight excluding hydrogens is 232 g/mol. The Labute approximate surface area is 106 Å². The largest absolute Gasteiger partial charge is 0.496 e. The molecule has 0 aromatic heterocycles. The molecule has 0 saturated carbocycles. The van der Waals surface area contributed by atoms with Crippen molar-refractivity contribution in [2.45, 2.75) is 25.5 Å². The molecule has 0 radical (unpaired) electrons. The Morgan fingerprint density at radius 3 is 2.94 bits per heavy atom. The topological polar surface area (TPSA) is 73.6 Å². The van der Waals surface area contributed by atoms with Crippen LogP contribution in [0.25, 0.3) is 0 Å². The molecule has 18 heavy (non-hydrogen) atoms. The number of anilines is 1. The normalized spacial score (nSPS) is 22.8. The second kappa shape index (κ2) is 5.27. The van der Waals surface area contributed by atoms with E-state index in [1.807, 2.05) is 6.92 Å². The number of nitrogen functional groups attached to an aromatic ring is 1. The van der Waals surface area contributed by atoms with Gasteiger partial charge in [0.2, 0.25) is 0 Å². The fourth-order valence-corrected chi connectivity index (χ4v) is 2.06. The van der Waals surface area contributed by atoms with Crippen LogP contribution in [0.2, 0.25) is 0 Å². The molecule has 1 fully saturated rings. The lowest BCUT2D eigenvalue weighted by Crippen LogP contribution is -2.39. The van der Waals surface area contributed by atoms with Gasteiger partial charge >= 0.3 is 0 Å². The smallest absolute Gasteiger partial charge is 0.255 e. The third kappa shape index (κ3) is 2.56. The van der Waals surface area contributed by atoms with Gasteiger partial charge in [0.05, 0.1) is 24.8 Å². The Morgan fingerprint density at radius 2 is 2.33 bits per heavy atom. The highest BCUT2D eigenvalue weighted by molar-refractivity contribution is 5.97. The zero-order chi connectivity index (χ0) is 13.1. The van der Waals surface area contributed by atoms with E-state index in [4.69, 9.17) is 15.2 Å². The van der Waals surface area contributed by atoms with Crippen LogP contribution in [0.5, 0.6) is 5.75 Å². The molecule has 1 aromatic carbocycles. The number of carbonyl (C=O) groups excluding carboxylic acids is 1. The predicted octanol–water partition coefficient (Wildman–Crippen LogP) is 1.18. The molecule has 0 spiro atoms. The Bertz CT molecular complexity index is 448. The lowest BCUT2D eigenvalue weighted by Gasteiger charge is -2.17. The van der Waals surface area contributed by atoms with E-state index in [-0.39, 0.29) is 18.1 Å². The number of hydrogen-bond donors (Lipinski definition) is 2. The second-order valence-corrected chi connectivity index (χ2v) is 4.40. The quantitative estimate of drug-likeness (QED) is 0.790. The number of rotatable bonds is 3. The number of carbonyl (C=O) groups is 1. The Morgan fingerprint density at radius 1 is 1.56 bits per heavy atom. The Kier molecular flexibility index (Phi) is 3.72. The van der Waals surface area contributed by atoms with Crippen LogP contribution in [0.4, 0.5) is 5.69 Å². The van der Waals surface area contributed by atoms with Crippen LogP contribution in [-0.2, 0) is 4.74 Å². The number of nitrogens with two attached hydrogens (primary N) is 1. The number of hydrogen-bond acceptors (Lipinski definition) is 4. The lowest BCUT2D eigenvalue weighted by atomic mass is 10.1. The molecule has 3 N–H and O–H groups in total.